The Morgan fingerprint density at radius 3 is 2.65 bits per heavy atom. The topological polar surface area (TPSA) is 74.2 Å². The Kier molecular flexibility index (Phi) is 9.42. The average molecular weight is 558 g/mol. The molecule has 0 bridgehead atoms. The molecule has 31 heavy (non-hydrogen) atoms. The first-order chi connectivity index (χ1) is 14.5. The fourth-order valence-corrected chi connectivity index (χ4v) is 5.00. The second-order valence-electron chi connectivity index (χ2n) is 7.17. The van der Waals surface area contributed by atoms with Crippen molar-refractivity contribution >= 4 is 45.6 Å². The molecule has 0 saturated heterocycles. The van der Waals surface area contributed by atoms with Gasteiger partial charge in [0.05, 0.1) is 25.1 Å². The van der Waals surface area contributed by atoms with Gasteiger partial charge in [-0.3, -0.25) is 9.30 Å². The van der Waals surface area contributed by atoms with Crippen LogP contribution in [0.25, 0.3) is 0 Å². The smallest absolute Gasteiger partial charge is 0.237 e. The minimum absolute atomic E-state index is 0. The fourth-order valence-electron chi connectivity index (χ4n) is 3.61. The number of rotatable bonds is 8. The molecule has 0 radical (unpaired) electrons. The summed E-state index contributed by atoms with van der Waals surface area (Å²) < 4.78 is 32.7. The van der Waals surface area contributed by atoms with Gasteiger partial charge in [0.2, 0.25) is 10.0 Å². The molecule has 0 aliphatic carbocycles. The van der Waals surface area contributed by atoms with Crippen molar-refractivity contribution in [3.05, 3.63) is 59.7 Å². The minimum Gasteiger partial charge on any atom is -0.496 e. The zero-order valence-corrected chi connectivity index (χ0v) is 21.4. The highest BCUT2D eigenvalue weighted by molar-refractivity contribution is 14.0. The molecule has 9 heteroatoms. The van der Waals surface area contributed by atoms with Crippen molar-refractivity contribution in [2.24, 2.45) is 4.99 Å². The number of para-hydroxylation sites is 2. The summed E-state index contributed by atoms with van der Waals surface area (Å²) >= 11 is 0. The Labute approximate surface area is 202 Å². The lowest BCUT2D eigenvalue weighted by Gasteiger charge is -2.23. The Bertz CT molecular complexity index is 998. The number of aliphatic imine (C=N–C) groups is 1. The second kappa shape index (κ2) is 11.6. The van der Waals surface area contributed by atoms with E-state index in [0.717, 1.165) is 29.0 Å². The molecule has 0 saturated carbocycles. The molecule has 0 amide bonds. The molecule has 0 fully saturated rings. The first-order valence-corrected chi connectivity index (χ1v) is 11.8. The Balaban J connectivity index is 0.00000341. The SMILES string of the molecule is CCNC(=NCCS(=O)(=O)N1CCc2ccccc21)N(C)Cc1ccccc1OC.I. The summed E-state index contributed by atoms with van der Waals surface area (Å²) in [5, 5.41) is 3.24. The van der Waals surface area contributed by atoms with Gasteiger partial charge in [-0.2, -0.15) is 0 Å². The van der Waals surface area contributed by atoms with Crippen molar-refractivity contribution in [1.82, 2.24) is 10.2 Å². The molecule has 2 aromatic rings. The van der Waals surface area contributed by atoms with E-state index in [1.807, 2.05) is 67.4 Å². The first kappa shape index (κ1) is 25.3. The van der Waals surface area contributed by atoms with E-state index in [1.165, 1.54) is 4.31 Å². The predicted octanol–water partition coefficient (Wildman–Crippen LogP) is 3.10. The highest BCUT2D eigenvalue weighted by Gasteiger charge is 2.28. The van der Waals surface area contributed by atoms with Crippen molar-refractivity contribution in [2.75, 3.05) is 43.8 Å². The molecule has 1 aliphatic heterocycles. The zero-order chi connectivity index (χ0) is 21.6. The third-order valence-electron chi connectivity index (χ3n) is 5.09. The van der Waals surface area contributed by atoms with E-state index in [2.05, 4.69) is 10.3 Å². The normalized spacial score (nSPS) is 13.4. The van der Waals surface area contributed by atoms with Crippen LogP contribution in [0.5, 0.6) is 5.75 Å². The van der Waals surface area contributed by atoms with Crippen LogP contribution in [0.2, 0.25) is 0 Å². The lowest BCUT2D eigenvalue weighted by atomic mass is 10.2. The van der Waals surface area contributed by atoms with Crippen molar-refractivity contribution in [3.8, 4) is 5.75 Å². The van der Waals surface area contributed by atoms with Gasteiger partial charge in [-0.1, -0.05) is 36.4 Å². The number of nitrogens with zero attached hydrogens (tertiary/aromatic N) is 3. The van der Waals surface area contributed by atoms with E-state index in [1.54, 1.807) is 7.11 Å². The number of sulfonamides is 1. The quantitative estimate of drug-likeness (QED) is 0.306. The van der Waals surface area contributed by atoms with E-state index in [9.17, 15) is 8.42 Å². The standard InChI is InChI=1S/C22H30N4O3S.HI/c1-4-23-22(25(2)17-19-10-6-8-12-21(19)29-3)24-14-16-30(27,28)26-15-13-18-9-5-7-11-20(18)26;/h5-12H,4,13-17H2,1-3H3,(H,23,24);1H. The number of benzene rings is 2. The van der Waals surface area contributed by atoms with Crippen molar-refractivity contribution in [2.45, 2.75) is 19.9 Å². The van der Waals surface area contributed by atoms with Crippen LogP contribution in [0, 0.1) is 0 Å². The number of fused-ring (bicyclic) bond motifs is 1. The summed E-state index contributed by atoms with van der Waals surface area (Å²) in [6.45, 7) is 3.98. The predicted molar refractivity (Wildman–Crippen MR) is 137 cm³/mol. The maximum atomic E-state index is 12.9. The van der Waals surface area contributed by atoms with E-state index >= 15 is 0 Å². The van der Waals surface area contributed by atoms with E-state index in [4.69, 9.17) is 4.74 Å². The maximum absolute atomic E-state index is 12.9. The lowest BCUT2D eigenvalue weighted by molar-refractivity contribution is 0.396. The number of guanidine groups is 1. The molecule has 0 aromatic heterocycles. The average Bonchev–Trinajstić information content (AvgIpc) is 3.18. The molecular formula is C22H31IN4O3S. The molecule has 7 nitrogen and oxygen atoms in total. The van der Waals surface area contributed by atoms with Gasteiger partial charge in [-0.15, -0.1) is 24.0 Å². The number of ether oxygens (including phenoxy) is 1. The van der Waals surface area contributed by atoms with Gasteiger partial charge >= 0.3 is 0 Å². The van der Waals surface area contributed by atoms with Gasteiger partial charge < -0.3 is 15.0 Å². The zero-order valence-electron chi connectivity index (χ0n) is 18.2. The molecule has 170 valence electrons. The number of anilines is 1. The molecule has 0 spiro atoms. The number of hydrogen-bond donors (Lipinski definition) is 1. The lowest BCUT2D eigenvalue weighted by Crippen LogP contribution is -2.39. The van der Waals surface area contributed by atoms with Crippen molar-refractivity contribution < 1.29 is 13.2 Å². The van der Waals surface area contributed by atoms with Crippen LogP contribution in [0.1, 0.15) is 18.1 Å². The van der Waals surface area contributed by atoms with Gasteiger partial charge in [-0.05, 0) is 31.0 Å². The van der Waals surface area contributed by atoms with Gasteiger partial charge in [0.15, 0.2) is 5.96 Å². The highest BCUT2D eigenvalue weighted by Crippen LogP contribution is 2.29. The number of halogens is 1. The summed E-state index contributed by atoms with van der Waals surface area (Å²) in [5.74, 6) is 1.45. The summed E-state index contributed by atoms with van der Waals surface area (Å²) in [7, 11) is 0.163. The summed E-state index contributed by atoms with van der Waals surface area (Å²) in [6, 6.07) is 15.5. The van der Waals surface area contributed by atoms with Crippen LogP contribution in [-0.4, -0.2) is 58.8 Å². The third-order valence-corrected chi connectivity index (χ3v) is 6.84. The van der Waals surface area contributed by atoms with Gasteiger partial charge in [0, 0.05) is 32.2 Å². The van der Waals surface area contributed by atoms with E-state index < -0.39 is 10.0 Å². The Morgan fingerprint density at radius 2 is 1.90 bits per heavy atom. The van der Waals surface area contributed by atoms with Crippen molar-refractivity contribution in [3.63, 3.8) is 0 Å². The van der Waals surface area contributed by atoms with E-state index in [0.29, 0.717) is 25.6 Å². The van der Waals surface area contributed by atoms with Gasteiger partial charge in [0.1, 0.15) is 5.75 Å². The van der Waals surface area contributed by atoms with Gasteiger partial charge in [0.25, 0.3) is 0 Å². The second-order valence-corrected chi connectivity index (χ2v) is 9.18. The van der Waals surface area contributed by atoms with E-state index in [-0.39, 0.29) is 36.3 Å². The number of hydrogen-bond acceptors (Lipinski definition) is 4. The maximum Gasteiger partial charge on any atom is 0.237 e. The number of nitrogens with one attached hydrogen (secondary N) is 1. The van der Waals surface area contributed by atoms with Crippen LogP contribution in [0.3, 0.4) is 0 Å². The van der Waals surface area contributed by atoms with Crippen molar-refractivity contribution in [1.29, 1.82) is 0 Å². The summed E-state index contributed by atoms with van der Waals surface area (Å²) in [5.41, 5.74) is 2.91. The molecule has 0 unspecified atom stereocenters. The van der Waals surface area contributed by atoms with Crippen LogP contribution in [-0.2, 0) is 23.0 Å². The summed E-state index contributed by atoms with van der Waals surface area (Å²) in [6.07, 6.45) is 0.753. The van der Waals surface area contributed by atoms with Crippen LogP contribution in [0.15, 0.2) is 53.5 Å². The van der Waals surface area contributed by atoms with Crippen LogP contribution in [0.4, 0.5) is 5.69 Å². The molecule has 0 atom stereocenters. The minimum atomic E-state index is -3.42. The molecule has 1 heterocycles. The monoisotopic (exact) mass is 558 g/mol. The fraction of sp³-hybridized carbons (Fsp3) is 0.409. The number of methoxy groups -OCH3 is 1. The molecular weight excluding hydrogens is 527 g/mol. The van der Waals surface area contributed by atoms with Gasteiger partial charge in [-0.25, -0.2) is 8.42 Å². The highest BCUT2D eigenvalue weighted by atomic mass is 127. The molecule has 2 aromatic carbocycles. The van der Waals surface area contributed by atoms with Crippen LogP contribution < -0.4 is 14.4 Å². The summed E-state index contributed by atoms with van der Waals surface area (Å²) in [4.78, 5) is 6.53. The third kappa shape index (κ3) is 6.25. The Hall–Kier alpha value is -2.01. The largest absolute Gasteiger partial charge is 0.496 e. The molecule has 1 N–H and O–H groups in total. The first-order valence-electron chi connectivity index (χ1n) is 10.2. The Morgan fingerprint density at radius 1 is 1.19 bits per heavy atom. The molecule has 3 rings (SSSR count). The van der Waals surface area contributed by atoms with Crippen LogP contribution >= 0.6 is 24.0 Å². The molecule has 1 aliphatic rings.